The number of aryl methyl sites for hydroxylation is 1. The van der Waals surface area contributed by atoms with E-state index in [4.69, 9.17) is 11.6 Å². The number of carboxylic acid groups (broad SMARTS) is 1. The van der Waals surface area contributed by atoms with E-state index in [9.17, 15) is 14.7 Å². The third-order valence-corrected chi connectivity index (χ3v) is 7.21. The zero-order valence-corrected chi connectivity index (χ0v) is 20.7. The summed E-state index contributed by atoms with van der Waals surface area (Å²) in [4.78, 5) is 40.0. The number of nitrogens with zero attached hydrogens (tertiary/aromatic N) is 5. The van der Waals surface area contributed by atoms with E-state index in [1.165, 1.54) is 10.5 Å². The minimum atomic E-state index is -1.03. The summed E-state index contributed by atoms with van der Waals surface area (Å²) in [5.74, 6) is 0.784. The largest absolute Gasteiger partial charge is 0.465 e. The Kier molecular flexibility index (Phi) is 7.26. The van der Waals surface area contributed by atoms with Crippen LogP contribution in [0.4, 0.5) is 10.6 Å². The molecule has 4 rings (SSSR count). The number of amides is 2. The van der Waals surface area contributed by atoms with Crippen molar-refractivity contribution in [1.29, 1.82) is 0 Å². The molecule has 9 heteroatoms. The number of piperazine rings is 1. The lowest BCUT2D eigenvalue weighted by molar-refractivity contribution is -0.133. The Bertz CT molecular complexity index is 1040. The first-order valence-corrected chi connectivity index (χ1v) is 12.3. The molecular weight excluding hydrogens is 454 g/mol. The average molecular weight is 486 g/mol. The highest BCUT2D eigenvalue weighted by Crippen LogP contribution is 2.37. The number of benzene rings is 1. The van der Waals surface area contributed by atoms with Gasteiger partial charge in [-0.25, -0.2) is 14.8 Å². The second-order valence-corrected chi connectivity index (χ2v) is 9.88. The fraction of sp³-hybridized carbons (Fsp3) is 0.520. The molecule has 1 aromatic heterocycles. The normalized spacial score (nSPS) is 18.7. The third-order valence-electron chi connectivity index (χ3n) is 6.96. The van der Waals surface area contributed by atoms with E-state index in [1.807, 2.05) is 30.9 Å². The zero-order valence-electron chi connectivity index (χ0n) is 19.9. The van der Waals surface area contributed by atoms with Crippen LogP contribution in [0.1, 0.15) is 55.8 Å². The van der Waals surface area contributed by atoms with Crippen molar-refractivity contribution < 1.29 is 14.7 Å². The Morgan fingerprint density at radius 2 is 1.82 bits per heavy atom. The van der Waals surface area contributed by atoms with E-state index in [2.05, 4.69) is 21.8 Å². The van der Waals surface area contributed by atoms with Crippen molar-refractivity contribution in [2.45, 2.75) is 51.5 Å². The van der Waals surface area contributed by atoms with Crippen molar-refractivity contribution in [3.05, 3.63) is 52.4 Å². The second-order valence-electron chi connectivity index (χ2n) is 9.44. The summed E-state index contributed by atoms with van der Waals surface area (Å²) in [6, 6.07) is 6.87. The molecule has 0 radical (unpaired) electrons. The van der Waals surface area contributed by atoms with Crippen molar-refractivity contribution in [2.24, 2.45) is 0 Å². The summed E-state index contributed by atoms with van der Waals surface area (Å²) in [5.41, 5.74) is 3.16. The average Bonchev–Trinajstić information content (AvgIpc) is 3.21. The van der Waals surface area contributed by atoms with Crippen molar-refractivity contribution in [3.63, 3.8) is 0 Å². The topological polar surface area (TPSA) is 89.9 Å². The number of hydrogen-bond acceptors (Lipinski definition) is 5. The number of halogens is 1. The molecule has 1 N–H and O–H groups in total. The van der Waals surface area contributed by atoms with Crippen molar-refractivity contribution >= 4 is 29.4 Å². The fourth-order valence-electron chi connectivity index (χ4n) is 4.96. The summed E-state index contributed by atoms with van der Waals surface area (Å²) in [6.45, 7) is 8.44. The van der Waals surface area contributed by atoms with Crippen LogP contribution in [0.3, 0.4) is 0 Å². The van der Waals surface area contributed by atoms with E-state index in [0.29, 0.717) is 37.1 Å². The summed E-state index contributed by atoms with van der Waals surface area (Å²) in [5, 5.41) is 10.3. The Hall–Kier alpha value is -2.87. The van der Waals surface area contributed by atoms with Gasteiger partial charge in [0.1, 0.15) is 12.1 Å². The molecule has 2 atom stereocenters. The van der Waals surface area contributed by atoms with Gasteiger partial charge in [-0.3, -0.25) is 4.79 Å². The Morgan fingerprint density at radius 1 is 1.15 bits per heavy atom. The third kappa shape index (κ3) is 4.97. The van der Waals surface area contributed by atoms with E-state index >= 15 is 0 Å². The standard InChI is InChI=1S/C25H32ClN5O3/c1-16(2)31(25(33)34)14-20(18-5-7-19(26)8-6-18)24(32)30-12-10-29(11-13-30)23-22-17(3)4-9-21(22)27-15-28-23/h5-8,15-17,20H,4,9-14H2,1-3H3,(H,33,34)/t17-,20-/m1/s1. The van der Waals surface area contributed by atoms with Gasteiger partial charge in [0, 0.05) is 55.0 Å². The van der Waals surface area contributed by atoms with Crippen LogP contribution in [0.2, 0.25) is 5.02 Å². The molecule has 1 fully saturated rings. The maximum atomic E-state index is 13.7. The molecule has 1 aliphatic heterocycles. The molecule has 182 valence electrons. The second kappa shape index (κ2) is 10.2. The van der Waals surface area contributed by atoms with Crippen molar-refractivity contribution in [3.8, 4) is 0 Å². The smallest absolute Gasteiger partial charge is 0.407 e. The Morgan fingerprint density at radius 3 is 2.44 bits per heavy atom. The highest BCUT2D eigenvalue weighted by atomic mass is 35.5. The molecule has 1 aromatic carbocycles. The van der Waals surface area contributed by atoms with Crippen LogP contribution in [0.5, 0.6) is 0 Å². The van der Waals surface area contributed by atoms with Crippen LogP contribution in [0.25, 0.3) is 0 Å². The lowest BCUT2D eigenvalue weighted by Crippen LogP contribution is -2.52. The van der Waals surface area contributed by atoms with E-state index < -0.39 is 12.0 Å². The van der Waals surface area contributed by atoms with Crippen LogP contribution in [0.15, 0.2) is 30.6 Å². The van der Waals surface area contributed by atoms with Gasteiger partial charge in [-0.2, -0.15) is 0 Å². The molecule has 0 bridgehead atoms. The molecule has 34 heavy (non-hydrogen) atoms. The molecule has 2 aromatic rings. The number of carbonyl (C=O) groups is 2. The minimum Gasteiger partial charge on any atom is -0.465 e. The maximum absolute atomic E-state index is 13.7. The van der Waals surface area contributed by atoms with Gasteiger partial charge >= 0.3 is 6.09 Å². The number of rotatable bonds is 6. The van der Waals surface area contributed by atoms with Gasteiger partial charge in [-0.05, 0) is 50.3 Å². The molecule has 2 amide bonds. The summed E-state index contributed by atoms with van der Waals surface area (Å²) in [6.07, 6.45) is 2.70. The Labute approximate surface area is 205 Å². The molecule has 0 saturated carbocycles. The van der Waals surface area contributed by atoms with Crippen molar-refractivity contribution in [1.82, 2.24) is 19.8 Å². The van der Waals surface area contributed by atoms with Crippen LogP contribution in [0, 0.1) is 0 Å². The maximum Gasteiger partial charge on any atom is 0.407 e. The van der Waals surface area contributed by atoms with E-state index in [-0.39, 0.29) is 18.5 Å². The minimum absolute atomic E-state index is 0.0600. The van der Waals surface area contributed by atoms with Crippen molar-refractivity contribution in [2.75, 3.05) is 37.6 Å². The molecule has 1 saturated heterocycles. The molecule has 2 aliphatic rings. The zero-order chi connectivity index (χ0) is 24.4. The monoisotopic (exact) mass is 485 g/mol. The number of aromatic nitrogens is 2. The lowest BCUT2D eigenvalue weighted by Gasteiger charge is -2.38. The number of carbonyl (C=O) groups excluding carboxylic acids is 1. The molecule has 0 unspecified atom stereocenters. The van der Waals surface area contributed by atoms with Crippen LogP contribution in [-0.4, -0.2) is 75.6 Å². The van der Waals surface area contributed by atoms with Crippen LogP contribution < -0.4 is 4.90 Å². The molecular formula is C25H32ClN5O3. The first kappa shape index (κ1) is 24.3. The first-order chi connectivity index (χ1) is 16.3. The summed E-state index contributed by atoms with van der Waals surface area (Å²) in [7, 11) is 0. The molecule has 1 aliphatic carbocycles. The van der Waals surface area contributed by atoms with Gasteiger partial charge in [0.15, 0.2) is 0 Å². The van der Waals surface area contributed by atoms with E-state index in [1.54, 1.807) is 18.5 Å². The Balaban J connectivity index is 1.51. The molecule has 8 nitrogen and oxygen atoms in total. The van der Waals surface area contributed by atoms with Crippen LogP contribution >= 0.6 is 11.6 Å². The quantitative estimate of drug-likeness (QED) is 0.665. The first-order valence-electron chi connectivity index (χ1n) is 11.9. The predicted molar refractivity (Wildman–Crippen MR) is 132 cm³/mol. The number of fused-ring (bicyclic) bond motifs is 1. The van der Waals surface area contributed by atoms with Gasteiger partial charge in [-0.1, -0.05) is 30.7 Å². The van der Waals surface area contributed by atoms with Gasteiger partial charge in [-0.15, -0.1) is 0 Å². The summed E-state index contributed by atoms with van der Waals surface area (Å²) < 4.78 is 0. The fourth-order valence-corrected chi connectivity index (χ4v) is 5.09. The number of hydrogen-bond donors (Lipinski definition) is 1. The molecule has 0 spiro atoms. The van der Waals surface area contributed by atoms with Gasteiger partial charge in [0.25, 0.3) is 0 Å². The van der Waals surface area contributed by atoms with E-state index in [0.717, 1.165) is 29.9 Å². The lowest BCUT2D eigenvalue weighted by atomic mass is 9.96. The number of anilines is 1. The van der Waals surface area contributed by atoms with Gasteiger partial charge in [0.05, 0.1) is 5.92 Å². The van der Waals surface area contributed by atoms with Gasteiger partial charge in [0.2, 0.25) is 5.91 Å². The summed E-state index contributed by atoms with van der Waals surface area (Å²) >= 11 is 6.06. The molecule has 2 heterocycles. The predicted octanol–water partition coefficient (Wildman–Crippen LogP) is 4.00. The highest BCUT2D eigenvalue weighted by Gasteiger charge is 2.34. The van der Waals surface area contributed by atoms with Gasteiger partial charge < -0.3 is 19.8 Å². The SMILES string of the molecule is CC(C)N(C[C@@H](C(=O)N1CCN(c2ncnc3c2[C@H](C)CC3)CC1)c1ccc(Cl)cc1)C(=O)O. The van der Waals surface area contributed by atoms with Crippen LogP contribution in [-0.2, 0) is 11.2 Å². The highest BCUT2D eigenvalue weighted by molar-refractivity contribution is 6.30.